The smallest absolute Gasteiger partial charge is 0.264 e. The summed E-state index contributed by atoms with van der Waals surface area (Å²) in [7, 11) is -2.23. The molecule has 204 valence electrons. The van der Waals surface area contributed by atoms with Crippen molar-refractivity contribution >= 4 is 48.3 Å². The van der Waals surface area contributed by atoms with Gasteiger partial charge >= 0.3 is 0 Å². The van der Waals surface area contributed by atoms with Gasteiger partial charge in [0.05, 0.1) is 34.6 Å². The fourth-order valence-electron chi connectivity index (χ4n) is 4.40. The highest BCUT2D eigenvalue weighted by Crippen LogP contribution is 2.37. The molecular formula is C30H28N4O4S2. The van der Waals surface area contributed by atoms with Crippen molar-refractivity contribution in [2.45, 2.75) is 25.3 Å². The molecule has 0 bridgehead atoms. The van der Waals surface area contributed by atoms with E-state index >= 15 is 0 Å². The largest absolute Gasteiger partial charge is 0.494 e. The lowest BCUT2D eigenvalue weighted by Crippen LogP contribution is -2.32. The van der Waals surface area contributed by atoms with Crippen LogP contribution in [0, 0.1) is 6.92 Å². The third-order valence-corrected chi connectivity index (χ3v) is 9.59. The van der Waals surface area contributed by atoms with E-state index in [9.17, 15) is 13.2 Å². The van der Waals surface area contributed by atoms with Gasteiger partial charge in [-0.2, -0.15) is 0 Å². The van der Waals surface area contributed by atoms with Crippen molar-refractivity contribution in [2.75, 3.05) is 22.9 Å². The number of amides is 1. The van der Waals surface area contributed by atoms with Crippen molar-refractivity contribution < 1.29 is 17.9 Å². The summed E-state index contributed by atoms with van der Waals surface area (Å²) >= 11 is 1.40. The van der Waals surface area contributed by atoms with E-state index in [1.165, 1.54) is 27.8 Å². The molecule has 0 saturated carbocycles. The van der Waals surface area contributed by atoms with E-state index in [0.29, 0.717) is 33.3 Å². The van der Waals surface area contributed by atoms with Gasteiger partial charge in [-0.3, -0.25) is 19.0 Å². The lowest BCUT2D eigenvalue weighted by Gasteiger charge is -2.23. The maximum atomic E-state index is 13.9. The Kier molecular flexibility index (Phi) is 7.81. The minimum Gasteiger partial charge on any atom is -0.494 e. The fraction of sp³-hybridized carbons (Fsp3) is 0.167. The average molecular weight is 573 g/mol. The number of anilines is 2. The molecule has 8 nitrogen and oxygen atoms in total. The topological polar surface area (TPSA) is 92.7 Å². The Balaban J connectivity index is 1.51. The maximum absolute atomic E-state index is 13.9. The zero-order chi connectivity index (χ0) is 28.3. The Hall–Kier alpha value is -4.28. The Morgan fingerprint density at radius 1 is 0.950 bits per heavy atom. The summed E-state index contributed by atoms with van der Waals surface area (Å²) in [6.45, 7) is 4.24. The molecule has 0 N–H and O–H groups in total. The Bertz CT molecular complexity index is 1740. The number of pyridine rings is 1. The van der Waals surface area contributed by atoms with Crippen LogP contribution < -0.4 is 13.9 Å². The lowest BCUT2D eigenvalue weighted by molar-refractivity contribution is 0.0984. The van der Waals surface area contributed by atoms with Crippen molar-refractivity contribution in [1.29, 1.82) is 0 Å². The van der Waals surface area contributed by atoms with Gasteiger partial charge in [-0.05, 0) is 74.0 Å². The van der Waals surface area contributed by atoms with E-state index in [1.807, 2.05) is 43.3 Å². The number of fused-ring (bicyclic) bond motifs is 1. The molecule has 5 aromatic rings. The molecule has 40 heavy (non-hydrogen) atoms. The van der Waals surface area contributed by atoms with E-state index in [2.05, 4.69) is 4.98 Å². The van der Waals surface area contributed by atoms with Gasteiger partial charge in [0.2, 0.25) is 0 Å². The number of methoxy groups -OCH3 is 1. The first kappa shape index (κ1) is 27.3. The number of aryl methyl sites for hydroxylation is 1. The number of hydrogen-bond donors (Lipinski definition) is 0. The van der Waals surface area contributed by atoms with Crippen molar-refractivity contribution in [3.63, 3.8) is 0 Å². The van der Waals surface area contributed by atoms with Crippen LogP contribution in [0.15, 0.2) is 96.0 Å². The molecule has 0 aliphatic heterocycles. The maximum Gasteiger partial charge on any atom is 0.264 e. The molecule has 0 unspecified atom stereocenters. The van der Waals surface area contributed by atoms with Crippen LogP contribution in [-0.2, 0) is 16.6 Å². The second-order valence-electron chi connectivity index (χ2n) is 9.00. The van der Waals surface area contributed by atoms with Gasteiger partial charge in [-0.1, -0.05) is 41.7 Å². The number of carbonyl (C=O) groups is 1. The molecule has 2 heterocycles. The zero-order valence-electron chi connectivity index (χ0n) is 22.3. The minimum atomic E-state index is -3.82. The highest BCUT2D eigenvalue weighted by molar-refractivity contribution is 7.92. The molecule has 0 aliphatic rings. The summed E-state index contributed by atoms with van der Waals surface area (Å²) in [5, 5.41) is 0.496. The molecule has 0 saturated heterocycles. The minimum absolute atomic E-state index is 0.103. The summed E-state index contributed by atoms with van der Waals surface area (Å²) in [5.74, 6) is 0.308. The van der Waals surface area contributed by atoms with E-state index in [4.69, 9.17) is 9.72 Å². The first-order valence-electron chi connectivity index (χ1n) is 12.7. The van der Waals surface area contributed by atoms with E-state index < -0.39 is 10.0 Å². The number of rotatable bonds is 9. The molecule has 0 fully saturated rings. The first-order valence-corrected chi connectivity index (χ1v) is 14.9. The number of carbonyl (C=O) groups excluding carboxylic acids is 1. The van der Waals surface area contributed by atoms with Gasteiger partial charge in [0.1, 0.15) is 11.3 Å². The van der Waals surface area contributed by atoms with Crippen molar-refractivity contribution in [3.05, 3.63) is 108 Å². The van der Waals surface area contributed by atoms with Crippen molar-refractivity contribution in [1.82, 2.24) is 9.97 Å². The number of para-hydroxylation sites is 1. The summed E-state index contributed by atoms with van der Waals surface area (Å²) in [5.41, 5.74) is 3.31. The molecule has 10 heteroatoms. The van der Waals surface area contributed by atoms with Gasteiger partial charge < -0.3 is 4.74 Å². The Morgan fingerprint density at radius 3 is 2.33 bits per heavy atom. The van der Waals surface area contributed by atoms with Gasteiger partial charge in [0, 0.05) is 18.3 Å². The molecule has 5 rings (SSSR count). The van der Waals surface area contributed by atoms with E-state index in [-0.39, 0.29) is 23.9 Å². The van der Waals surface area contributed by atoms with Crippen LogP contribution >= 0.6 is 11.3 Å². The van der Waals surface area contributed by atoms with Crippen LogP contribution in [-0.4, -0.2) is 37.9 Å². The molecular weight excluding hydrogens is 544 g/mol. The summed E-state index contributed by atoms with van der Waals surface area (Å²) in [4.78, 5) is 24.8. The van der Waals surface area contributed by atoms with Crippen molar-refractivity contribution in [3.8, 4) is 5.75 Å². The van der Waals surface area contributed by atoms with Crippen LogP contribution in [0.1, 0.15) is 28.5 Å². The monoisotopic (exact) mass is 572 g/mol. The quantitative estimate of drug-likeness (QED) is 0.213. The molecule has 0 aliphatic carbocycles. The van der Waals surface area contributed by atoms with Crippen LogP contribution in [0.2, 0.25) is 0 Å². The number of thiazole rings is 1. The standard InChI is InChI=1S/C30H28N4O4S2/c1-4-34(24-11-6-5-7-12-24)40(36,37)25-16-14-22(15-17-25)29(35)33(20-23-10-8-9-19-31-23)30-32-27-26(38-3)18-13-21(2)28(27)39-30/h5-19H,4,20H2,1-3H3. The second-order valence-corrected chi connectivity index (χ2v) is 11.8. The summed E-state index contributed by atoms with van der Waals surface area (Å²) in [6.07, 6.45) is 1.68. The second kappa shape index (κ2) is 11.4. The fourth-order valence-corrected chi connectivity index (χ4v) is 6.92. The van der Waals surface area contributed by atoms with Gasteiger partial charge in [0.15, 0.2) is 5.13 Å². The van der Waals surface area contributed by atoms with Gasteiger partial charge in [-0.15, -0.1) is 0 Å². The number of nitrogens with zero attached hydrogens (tertiary/aromatic N) is 4. The van der Waals surface area contributed by atoms with Crippen LogP contribution in [0.3, 0.4) is 0 Å². The highest BCUT2D eigenvalue weighted by Gasteiger charge is 2.26. The number of sulfonamides is 1. The third-order valence-electron chi connectivity index (χ3n) is 6.46. The normalized spacial score (nSPS) is 11.4. The van der Waals surface area contributed by atoms with Crippen LogP contribution in [0.4, 0.5) is 10.8 Å². The molecule has 1 amide bonds. The molecule has 3 aromatic carbocycles. The average Bonchev–Trinajstić information content (AvgIpc) is 3.43. The number of hydrogen-bond acceptors (Lipinski definition) is 7. The van der Waals surface area contributed by atoms with Crippen LogP contribution in [0.5, 0.6) is 5.75 Å². The number of ether oxygens (including phenoxy) is 1. The predicted octanol–water partition coefficient (Wildman–Crippen LogP) is 6.07. The highest BCUT2D eigenvalue weighted by atomic mass is 32.2. The third kappa shape index (κ3) is 5.28. The molecule has 0 atom stereocenters. The predicted molar refractivity (Wildman–Crippen MR) is 159 cm³/mol. The SMILES string of the molecule is CCN(c1ccccc1)S(=O)(=O)c1ccc(C(=O)N(Cc2ccccn2)c2nc3c(OC)ccc(C)c3s2)cc1. The Morgan fingerprint density at radius 2 is 1.68 bits per heavy atom. The number of aromatic nitrogens is 2. The Labute approximate surface area is 237 Å². The molecule has 2 aromatic heterocycles. The van der Waals surface area contributed by atoms with Crippen molar-refractivity contribution in [2.24, 2.45) is 0 Å². The number of benzene rings is 3. The lowest BCUT2D eigenvalue weighted by atomic mass is 10.2. The van der Waals surface area contributed by atoms with E-state index in [1.54, 1.807) is 61.5 Å². The first-order chi connectivity index (χ1) is 19.3. The summed E-state index contributed by atoms with van der Waals surface area (Å²) in [6, 6.07) is 24.3. The zero-order valence-corrected chi connectivity index (χ0v) is 23.9. The molecule has 0 radical (unpaired) electrons. The van der Waals surface area contributed by atoms with Gasteiger partial charge in [0.25, 0.3) is 15.9 Å². The molecule has 0 spiro atoms. The summed E-state index contributed by atoms with van der Waals surface area (Å²) < 4.78 is 34.7. The van der Waals surface area contributed by atoms with Gasteiger partial charge in [-0.25, -0.2) is 13.4 Å². The van der Waals surface area contributed by atoms with Crippen LogP contribution in [0.25, 0.3) is 10.2 Å². The van der Waals surface area contributed by atoms with E-state index in [0.717, 1.165) is 10.3 Å².